The van der Waals surface area contributed by atoms with Gasteiger partial charge in [-0.15, -0.1) is 11.3 Å². The first-order chi connectivity index (χ1) is 15.6. The van der Waals surface area contributed by atoms with Crippen LogP contribution in [0.25, 0.3) is 5.57 Å². The summed E-state index contributed by atoms with van der Waals surface area (Å²) in [5.41, 5.74) is 4.33. The molecule has 0 saturated carbocycles. The van der Waals surface area contributed by atoms with Crippen LogP contribution >= 0.6 is 11.3 Å². The normalized spacial score (nSPS) is 17.0. The number of anilines is 1. The van der Waals surface area contributed by atoms with Gasteiger partial charge in [0.2, 0.25) is 0 Å². The third-order valence-electron chi connectivity index (χ3n) is 5.94. The molecular formula is C25H24N4O2S. The number of hydrogen-bond acceptors (Lipinski definition) is 6. The number of pyridine rings is 1. The summed E-state index contributed by atoms with van der Waals surface area (Å²) >= 11 is 1.49. The number of carbonyl (C=O) groups is 2. The second-order valence-electron chi connectivity index (χ2n) is 8.07. The van der Waals surface area contributed by atoms with Crippen LogP contribution in [-0.4, -0.2) is 52.8 Å². The Kier molecular flexibility index (Phi) is 5.49. The van der Waals surface area contributed by atoms with Gasteiger partial charge in [0.1, 0.15) is 5.70 Å². The average molecular weight is 445 g/mol. The third kappa shape index (κ3) is 3.80. The van der Waals surface area contributed by atoms with E-state index in [2.05, 4.69) is 46.0 Å². The van der Waals surface area contributed by atoms with Crippen molar-refractivity contribution in [2.75, 3.05) is 31.1 Å². The fraction of sp³-hybridized carbons (Fsp3) is 0.240. The van der Waals surface area contributed by atoms with E-state index >= 15 is 0 Å². The minimum absolute atomic E-state index is 0.216. The number of nitrogens with zero attached hydrogens (tertiary/aromatic N) is 4. The van der Waals surface area contributed by atoms with Crippen LogP contribution in [0.15, 0.2) is 72.0 Å². The van der Waals surface area contributed by atoms with Gasteiger partial charge in [0, 0.05) is 49.1 Å². The summed E-state index contributed by atoms with van der Waals surface area (Å²) < 4.78 is 0. The smallest absolute Gasteiger partial charge is 0.278 e. The Morgan fingerprint density at radius 2 is 1.75 bits per heavy atom. The molecule has 1 saturated heterocycles. The van der Waals surface area contributed by atoms with E-state index in [0.717, 1.165) is 23.5 Å². The van der Waals surface area contributed by atoms with Crippen molar-refractivity contribution in [3.8, 4) is 0 Å². The Bertz CT molecular complexity index is 1170. The zero-order valence-electron chi connectivity index (χ0n) is 17.9. The lowest BCUT2D eigenvalue weighted by Crippen LogP contribution is -2.47. The summed E-state index contributed by atoms with van der Waals surface area (Å²) in [7, 11) is 0. The van der Waals surface area contributed by atoms with E-state index in [1.165, 1.54) is 27.5 Å². The van der Waals surface area contributed by atoms with Crippen LogP contribution in [0, 0.1) is 6.92 Å². The molecule has 0 atom stereocenters. The first-order valence-corrected chi connectivity index (χ1v) is 11.6. The van der Waals surface area contributed by atoms with Crippen LogP contribution in [-0.2, 0) is 16.1 Å². The molecule has 5 rings (SSSR count). The second-order valence-corrected chi connectivity index (χ2v) is 9.02. The van der Waals surface area contributed by atoms with Crippen molar-refractivity contribution in [1.82, 2.24) is 14.8 Å². The Balaban J connectivity index is 1.41. The highest BCUT2D eigenvalue weighted by Crippen LogP contribution is 2.35. The van der Waals surface area contributed by atoms with E-state index in [4.69, 9.17) is 0 Å². The highest BCUT2D eigenvalue weighted by atomic mass is 32.1. The number of amides is 2. The molecule has 0 aliphatic carbocycles. The molecule has 0 spiro atoms. The predicted octanol–water partition coefficient (Wildman–Crippen LogP) is 3.55. The largest absolute Gasteiger partial charge is 0.368 e. The van der Waals surface area contributed by atoms with Gasteiger partial charge < -0.3 is 9.80 Å². The molecule has 2 aromatic heterocycles. The van der Waals surface area contributed by atoms with Crippen molar-refractivity contribution in [3.05, 3.63) is 88.0 Å². The van der Waals surface area contributed by atoms with Crippen molar-refractivity contribution in [3.63, 3.8) is 0 Å². The lowest BCUT2D eigenvalue weighted by molar-refractivity contribution is -0.138. The molecule has 162 valence electrons. The number of thiophene rings is 1. The standard InChI is InChI=1S/C25H24N4O2S/c1-18-5-2-7-20(15-18)27-10-12-28(13-11-27)23-22(21-8-4-14-32-21)24(30)29(25(23)31)17-19-6-3-9-26-16-19/h2-9,14-16H,10-13,17H2,1H3. The molecule has 3 aromatic rings. The number of hydrogen-bond donors (Lipinski definition) is 0. The molecule has 7 heteroatoms. The van der Waals surface area contributed by atoms with Crippen LogP contribution in [0.3, 0.4) is 0 Å². The monoisotopic (exact) mass is 444 g/mol. The Morgan fingerprint density at radius 3 is 2.44 bits per heavy atom. The molecule has 2 aliphatic heterocycles. The van der Waals surface area contributed by atoms with E-state index < -0.39 is 0 Å². The summed E-state index contributed by atoms with van der Waals surface area (Å²) in [4.78, 5) is 37.6. The van der Waals surface area contributed by atoms with Crippen molar-refractivity contribution in [2.24, 2.45) is 0 Å². The van der Waals surface area contributed by atoms with Crippen LogP contribution in [0.2, 0.25) is 0 Å². The number of benzene rings is 1. The molecule has 0 bridgehead atoms. The quantitative estimate of drug-likeness (QED) is 0.564. The number of piperazine rings is 1. The molecule has 32 heavy (non-hydrogen) atoms. The van der Waals surface area contributed by atoms with Gasteiger partial charge in [0.25, 0.3) is 11.8 Å². The van der Waals surface area contributed by atoms with Gasteiger partial charge in [-0.3, -0.25) is 19.5 Å². The minimum Gasteiger partial charge on any atom is -0.368 e. The van der Waals surface area contributed by atoms with E-state index in [0.29, 0.717) is 24.4 Å². The van der Waals surface area contributed by atoms with Gasteiger partial charge >= 0.3 is 0 Å². The zero-order valence-corrected chi connectivity index (χ0v) is 18.7. The maximum Gasteiger partial charge on any atom is 0.278 e. The first-order valence-electron chi connectivity index (χ1n) is 10.7. The molecule has 1 aromatic carbocycles. The van der Waals surface area contributed by atoms with Crippen molar-refractivity contribution < 1.29 is 9.59 Å². The average Bonchev–Trinajstić information content (AvgIpc) is 3.42. The van der Waals surface area contributed by atoms with Crippen LogP contribution in [0.4, 0.5) is 5.69 Å². The van der Waals surface area contributed by atoms with Crippen LogP contribution < -0.4 is 4.90 Å². The lowest BCUT2D eigenvalue weighted by atomic mass is 10.1. The highest BCUT2D eigenvalue weighted by molar-refractivity contribution is 7.11. The van der Waals surface area contributed by atoms with Crippen molar-refractivity contribution in [2.45, 2.75) is 13.5 Å². The van der Waals surface area contributed by atoms with Crippen LogP contribution in [0.5, 0.6) is 0 Å². The number of aryl methyl sites for hydroxylation is 1. The Morgan fingerprint density at radius 1 is 0.938 bits per heavy atom. The second kappa shape index (κ2) is 8.59. The van der Waals surface area contributed by atoms with Gasteiger partial charge in [-0.05, 0) is 47.7 Å². The molecule has 6 nitrogen and oxygen atoms in total. The molecule has 0 unspecified atom stereocenters. The molecule has 0 N–H and O–H groups in total. The summed E-state index contributed by atoms with van der Waals surface area (Å²) in [6, 6.07) is 16.0. The molecule has 0 radical (unpaired) electrons. The SMILES string of the molecule is Cc1cccc(N2CCN(C3=C(c4cccs4)C(=O)N(Cc4cccnc4)C3=O)CC2)c1. The van der Waals surface area contributed by atoms with Crippen LogP contribution in [0.1, 0.15) is 16.0 Å². The van der Waals surface area contributed by atoms with Crippen molar-refractivity contribution in [1.29, 1.82) is 0 Å². The molecule has 4 heterocycles. The summed E-state index contributed by atoms with van der Waals surface area (Å²) in [5, 5.41) is 1.94. The maximum absolute atomic E-state index is 13.5. The van der Waals surface area contributed by atoms with Gasteiger partial charge in [0.05, 0.1) is 12.1 Å². The summed E-state index contributed by atoms with van der Waals surface area (Å²) in [6.07, 6.45) is 3.38. The van der Waals surface area contributed by atoms with Gasteiger partial charge in [-0.2, -0.15) is 0 Å². The van der Waals surface area contributed by atoms with Gasteiger partial charge in [0.15, 0.2) is 0 Å². The fourth-order valence-electron chi connectivity index (χ4n) is 4.33. The summed E-state index contributed by atoms with van der Waals surface area (Å²) in [5.74, 6) is -0.441. The molecular weight excluding hydrogens is 420 g/mol. The molecule has 1 fully saturated rings. The third-order valence-corrected chi connectivity index (χ3v) is 6.82. The minimum atomic E-state index is -0.225. The predicted molar refractivity (Wildman–Crippen MR) is 126 cm³/mol. The number of aromatic nitrogens is 1. The van der Waals surface area contributed by atoms with Gasteiger partial charge in [-0.1, -0.05) is 24.3 Å². The maximum atomic E-state index is 13.5. The first kappa shape index (κ1) is 20.5. The number of rotatable bonds is 5. The van der Waals surface area contributed by atoms with E-state index in [1.54, 1.807) is 12.4 Å². The molecule has 2 amide bonds. The summed E-state index contributed by atoms with van der Waals surface area (Å²) in [6.45, 7) is 5.31. The van der Waals surface area contributed by atoms with Gasteiger partial charge in [-0.25, -0.2) is 0 Å². The van der Waals surface area contributed by atoms with E-state index in [1.807, 2.05) is 29.6 Å². The van der Waals surface area contributed by atoms with E-state index in [-0.39, 0.29) is 18.4 Å². The highest BCUT2D eigenvalue weighted by Gasteiger charge is 2.42. The topological polar surface area (TPSA) is 56.8 Å². The Labute approximate surface area is 191 Å². The lowest BCUT2D eigenvalue weighted by Gasteiger charge is -2.37. The Hall–Kier alpha value is -3.45. The number of carbonyl (C=O) groups excluding carboxylic acids is 2. The zero-order chi connectivity index (χ0) is 22.1. The number of imide groups is 1. The molecule has 2 aliphatic rings. The fourth-order valence-corrected chi connectivity index (χ4v) is 5.09. The van der Waals surface area contributed by atoms with Crippen molar-refractivity contribution >= 4 is 34.4 Å². The van der Waals surface area contributed by atoms with E-state index in [9.17, 15) is 9.59 Å².